The zero-order valence-corrected chi connectivity index (χ0v) is 22.9. The highest BCUT2D eigenvalue weighted by Crippen LogP contribution is 2.36. The number of rotatable bonds is 5. The number of amides is 1. The van der Waals surface area contributed by atoms with Crippen LogP contribution < -0.4 is 5.32 Å². The first-order chi connectivity index (χ1) is 19.1. The first-order valence-corrected chi connectivity index (χ1v) is 13.3. The van der Waals surface area contributed by atoms with Gasteiger partial charge in [-0.1, -0.05) is 20.8 Å². The Labute approximate surface area is 231 Å². The number of thiophene rings is 1. The van der Waals surface area contributed by atoms with E-state index in [0.29, 0.717) is 55.3 Å². The van der Waals surface area contributed by atoms with Crippen LogP contribution in [0.4, 0.5) is 10.1 Å². The van der Waals surface area contributed by atoms with E-state index in [1.165, 1.54) is 23.6 Å². The molecule has 0 fully saturated rings. The Morgan fingerprint density at radius 1 is 1.05 bits per heavy atom. The Morgan fingerprint density at radius 3 is 2.62 bits per heavy atom. The van der Waals surface area contributed by atoms with Crippen molar-refractivity contribution in [3.8, 4) is 33.1 Å². The van der Waals surface area contributed by atoms with Crippen molar-refractivity contribution in [1.29, 1.82) is 0 Å². The molecule has 6 aromatic rings. The summed E-state index contributed by atoms with van der Waals surface area (Å²) in [6, 6.07) is 10.3. The second-order valence-corrected chi connectivity index (χ2v) is 11.6. The van der Waals surface area contributed by atoms with Gasteiger partial charge in [-0.2, -0.15) is 5.10 Å². The number of imidazole rings is 1. The molecule has 11 heteroatoms. The molecule has 0 radical (unpaired) electrons. The highest BCUT2D eigenvalue weighted by Gasteiger charge is 2.22. The van der Waals surface area contributed by atoms with Crippen molar-refractivity contribution < 1.29 is 14.0 Å². The molecule has 0 spiro atoms. The summed E-state index contributed by atoms with van der Waals surface area (Å²) in [4.78, 5) is 42.5. The first-order valence-electron chi connectivity index (χ1n) is 12.5. The maximum absolute atomic E-state index is 15.2. The molecule has 6 rings (SSSR count). The van der Waals surface area contributed by atoms with Crippen molar-refractivity contribution in [3.05, 3.63) is 65.7 Å². The lowest BCUT2D eigenvalue weighted by molar-refractivity contribution is -0.123. The van der Waals surface area contributed by atoms with Gasteiger partial charge in [0.2, 0.25) is 5.91 Å². The van der Waals surface area contributed by atoms with Gasteiger partial charge < -0.3 is 10.3 Å². The van der Waals surface area contributed by atoms with Gasteiger partial charge in [0, 0.05) is 50.8 Å². The van der Waals surface area contributed by atoms with Crippen molar-refractivity contribution in [2.24, 2.45) is 5.41 Å². The largest absolute Gasteiger partial charge is 0.335 e. The summed E-state index contributed by atoms with van der Waals surface area (Å²) in [7, 11) is 0. The number of aromatic amines is 2. The van der Waals surface area contributed by atoms with Gasteiger partial charge in [0.05, 0.1) is 27.8 Å². The van der Waals surface area contributed by atoms with Crippen LogP contribution in [-0.4, -0.2) is 41.8 Å². The zero-order chi connectivity index (χ0) is 28.2. The summed E-state index contributed by atoms with van der Waals surface area (Å²) in [6.45, 7) is 6.98. The fraction of sp³-hybridized carbons (Fsp3) is 0.172. The number of fused-ring (bicyclic) bond motifs is 2. The molecule has 0 saturated heterocycles. The first kappa shape index (κ1) is 25.5. The standard InChI is InChI=1S/C29H24FN7O2S/c1-14(38)22-5-6-23(40-22)17-7-8-32-26-24(17)34-27(35-26)25-19-10-18(20(30)11-21(19)36-37-25)15-9-16(13-31-12-15)33-28(39)29(2,3)4/h5-13H,1-4H3,(H,33,39)(H,36,37)(H,32,34,35). The molecule has 1 aromatic carbocycles. The Hall–Kier alpha value is -4.77. The molecule has 0 bridgehead atoms. The Kier molecular flexibility index (Phi) is 6.03. The number of hydrogen-bond acceptors (Lipinski definition) is 7. The second kappa shape index (κ2) is 9.45. The number of carbonyl (C=O) groups excluding carboxylic acids is 2. The van der Waals surface area contributed by atoms with Gasteiger partial charge in [0.15, 0.2) is 17.3 Å². The van der Waals surface area contributed by atoms with E-state index in [0.717, 1.165) is 10.4 Å². The summed E-state index contributed by atoms with van der Waals surface area (Å²) in [5, 5.41) is 10.8. The molecular formula is C29H24FN7O2S. The quantitative estimate of drug-likeness (QED) is 0.206. The van der Waals surface area contributed by atoms with Gasteiger partial charge in [0.1, 0.15) is 11.5 Å². The van der Waals surface area contributed by atoms with Crippen LogP contribution in [0, 0.1) is 11.2 Å². The number of carbonyl (C=O) groups is 2. The minimum absolute atomic E-state index is 0.00944. The van der Waals surface area contributed by atoms with Crippen LogP contribution in [0.5, 0.6) is 0 Å². The lowest BCUT2D eigenvalue weighted by Gasteiger charge is -2.17. The van der Waals surface area contributed by atoms with E-state index in [1.54, 1.807) is 31.5 Å². The monoisotopic (exact) mass is 553 g/mol. The normalized spacial score (nSPS) is 11.8. The van der Waals surface area contributed by atoms with Crippen molar-refractivity contribution >= 4 is 50.8 Å². The number of benzene rings is 1. The summed E-state index contributed by atoms with van der Waals surface area (Å²) in [5.74, 6) is -0.157. The molecule has 200 valence electrons. The molecule has 5 aromatic heterocycles. The number of Topliss-reactive ketones (excluding diaryl/α,β-unsaturated/α-hetero) is 1. The Balaban J connectivity index is 1.42. The molecule has 0 aliphatic carbocycles. The number of pyridine rings is 2. The number of halogens is 1. The smallest absolute Gasteiger partial charge is 0.229 e. The molecule has 5 heterocycles. The summed E-state index contributed by atoms with van der Waals surface area (Å²) in [5.41, 5.74) is 3.77. The van der Waals surface area contributed by atoms with E-state index < -0.39 is 11.2 Å². The third kappa shape index (κ3) is 4.54. The van der Waals surface area contributed by atoms with Crippen LogP contribution >= 0.6 is 11.3 Å². The van der Waals surface area contributed by atoms with Crippen molar-refractivity contribution in [2.75, 3.05) is 5.32 Å². The molecular weight excluding hydrogens is 529 g/mol. The van der Waals surface area contributed by atoms with Gasteiger partial charge >= 0.3 is 0 Å². The molecule has 0 unspecified atom stereocenters. The van der Waals surface area contributed by atoms with Crippen LogP contribution in [0.2, 0.25) is 0 Å². The van der Waals surface area contributed by atoms with Crippen molar-refractivity contribution in [1.82, 2.24) is 30.1 Å². The van der Waals surface area contributed by atoms with Crippen molar-refractivity contribution in [2.45, 2.75) is 27.7 Å². The predicted molar refractivity (Wildman–Crippen MR) is 154 cm³/mol. The minimum atomic E-state index is -0.591. The summed E-state index contributed by atoms with van der Waals surface area (Å²) in [6.07, 6.45) is 4.74. The minimum Gasteiger partial charge on any atom is -0.335 e. The molecule has 0 atom stereocenters. The number of anilines is 1. The van der Waals surface area contributed by atoms with Crippen LogP contribution in [0.1, 0.15) is 37.4 Å². The molecule has 0 aliphatic rings. The van der Waals surface area contributed by atoms with E-state index in [4.69, 9.17) is 0 Å². The van der Waals surface area contributed by atoms with Gasteiger partial charge in [-0.15, -0.1) is 11.3 Å². The SMILES string of the molecule is CC(=O)c1ccc(-c2ccnc3nc(-c4n[nH]c5cc(F)c(-c6cncc(NC(=O)C(C)(C)C)c6)cc45)[nH]c23)s1. The van der Waals surface area contributed by atoms with E-state index in [9.17, 15) is 9.59 Å². The maximum Gasteiger partial charge on any atom is 0.229 e. The summed E-state index contributed by atoms with van der Waals surface area (Å²) < 4.78 is 15.2. The highest BCUT2D eigenvalue weighted by atomic mass is 32.1. The Morgan fingerprint density at radius 2 is 1.88 bits per heavy atom. The average Bonchev–Trinajstić information content (AvgIpc) is 3.65. The zero-order valence-electron chi connectivity index (χ0n) is 22.1. The van der Waals surface area contributed by atoms with Gasteiger partial charge in [0.25, 0.3) is 0 Å². The van der Waals surface area contributed by atoms with E-state index in [1.807, 2.05) is 39.0 Å². The average molecular weight is 554 g/mol. The van der Waals surface area contributed by atoms with Crippen LogP contribution in [0.15, 0.2) is 55.0 Å². The number of aromatic nitrogens is 6. The lowest BCUT2D eigenvalue weighted by Crippen LogP contribution is -2.27. The fourth-order valence-electron chi connectivity index (χ4n) is 4.31. The third-order valence-corrected chi connectivity index (χ3v) is 7.69. The third-order valence-electron chi connectivity index (χ3n) is 6.47. The number of ketones is 1. The lowest BCUT2D eigenvalue weighted by atomic mass is 9.95. The maximum atomic E-state index is 15.2. The van der Waals surface area contributed by atoms with Gasteiger partial charge in [-0.25, -0.2) is 14.4 Å². The van der Waals surface area contributed by atoms with E-state index >= 15 is 4.39 Å². The molecule has 0 aliphatic heterocycles. The van der Waals surface area contributed by atoms with Crippen LogP contribution in [-0.2, 0) is 4.79 Å². The molecule has 1 amide bonds. The molecule has 0 saturated carbocycles. The van der Waals surface area contributed by atoms with E-state index in [-0.39, 0.29) is 11.7 Å². The molecule has 40 heavy (non-hydrogen) atoms. The highest BCUT2D eigenvalue weighted by molar-refractivity contribution is 7.17. The number of nitrogens with zero attached hydrogens (tertiary/aromatic N) is 4. The van der Waals surface area contributed by atoms with Gasteiger partial charge in [-0.05, 0) is 37.3 Å². The van der Waals surface area contributed by atoms with Crippen molar-refractivity contribution in [3.63, 3.8) is 0 Å². The molecule has 9 nitrogen and oxygen atoms in total. The predicted octanol–water partition coefficient (Wildman–Crippen LogP) is 6.62. The number of hydrogen-bond donors (Lipinski definition) is 3. The topological polar surface area (TPSA) is 129 Å². The molecule has 3 N–H and O–H groups in total. The van der Waals surface area contributed by atoms with Crippen LogP contribution in [0.25, 0.3) is 55.2 Å². The Bertz CT molecular complexity index is 1950. The van der Waals surface area contributed by atoms with Crippen LogP contribution in [0.3, 0.4) is 0 Å². The van der Waals surface area contributed by atoms with Gasteiger partial charge in [-0.3, -0.25) is 19.7 Å². The number of H-pyrrole nitrogens is 2. The number of nitrogens with one attached hydrogen (secondary N) is 3. The fourth-order valence-corrected chi connectivity index (χ4v) is 5.25. The van der Waals surface area contributed by atoms with E-state index in [2.05, 4.69) is 35.5 Å². The second-order valence-electron chi connectivity index (χ2n) is 10.5. The summed E-state index contributed by atoms with van der Waals surface area (Å²) >= 11 is 1.40.